The summed E-state index contributed by atoms with van der Waals surface area (Å²) in [6.45, 7) is 8.59. The van der Waals surface area contributed by atoms with Gasteiger partial charge in [-0.3, -0.25) is 9.97 Å². The number of fused-ring (bicyclic) bond motifs is 4. The number of aryl methyl sites for hydroxylation is 8. The molecule has 0 aliphatic rings. The fourth-order valence-corrected chi connectivity index (χ4v) is 12.2. The van der Waals surface area contributed by atoms with Crippen molar-refractivity contribution >= 4 is 43.1 Å². The lowest BCUT2D eigenvalue weighted by atomic mass is 10.0. The van der Waals surface area contributed by atoms with Crippen LogP contribution in [0.15, 0.2) is 287 Å². The maximum atomic E-state index is 4.39. The summed E-state index contributed by atoms with van der Waals surface area (Å²) in [6.07, 6.45) is 23.8. The highest BCUT2D eigenvalue weighted by atomic mass is 15.0. The minimum absolute atomic E-state index is 0.692. The van der Waals surface area contributed by atoms with Crippen LogP contribution in [0.1, 0.15) is 22.3 Å². The van der Waals surface area contributed by atoms with Crippen LogP contribution in [-0.4, -0.2) is 44.9 Å². The van der Waals surface area contributed by atoms with Crippen LogP contribution in [0.25, 0.3) is 133 Å². The van der Waals surface area contributed by atoms with Gasteiger partial charge in [-0.15, -0.1) is 0 Å². The predicted molar refractivity (Wildman–Crippen MR) is 383 cm³/mol. The lowest BCUT2D eigenvalue weighted by molar-refractivity contribution is -0.659. The molecule has 0 spiro atoms. The summed E-state index contributed by atoms with van der Waals surface area (Å²) < 4.78 is 8.72. The van der Waals surface area contributed by atoms with E-state index in [0.717, 1.165) is 44.9 Å². The van der Waals surface area contributed by atoms with Crippen molar-refractivity contribution in [1.29, 1.82) is 0 Å². The fraction of sp³-hybridized carbons (Fsp3) is 0.0964. The molecule has 0 radical (unpaired) electrons. The molecular formula is C83H71N13+4. The van der Waals surface area contributed by atoms with Crippen molar-refractivity contribution in [1.82, 2.24) is 44.9 Å². The molecule has 464 valence electrons. The molecule has 96 heavy (non-hydrogen) atoms. The average Bonchev–Trinajstić information content (AvgIpc) is 0.834. The molecule has 8 aromatic carbocycles. The van der Waals surface area contributed by atoms with Crippen molar-refractivity contribution in [2.45, 2.75) is 27.7 Å². The second kappa shape index (κ2) is 28.3. The maximum absolute atomic E-state index is 4.39. The average molecular weight is 1250 g/mol. The van der Waals surface area contributed by atoms with Gasteiger partial charge >= 0.3 is 0 Å². The SMILES string of the molecule is Cc1ccccc1-c1cc2ccc(-c3ccncn3)cc2c[n+]1C.Cc1ccccc1-c1cc2ccc(-c3cnccn3)cc2c[n+]1C.Cc1ccccc1-c1cc2ccc(-c3ncccn3)cc2c[n+]1C.Cc1ccccc1-c1cc2ccc(-c3ncncn3)cc2c[n+]1C. The Balaban J connectivity index is 0.000000116. The van der Waals surface area contributed by atoms with Crippen LogP contribution >= 0.6 is 0 Å². The van der Waals surface area contributed by atoms with E-state index in [1.807, 2.05) is 12.1 Å². The molecule has 13 heteroatoms. The molecular weight excluding hydrogens is 1180 g/mol. The lowest BCUT2D eigenvalue weighted by Crippen LogP contribution is -2.30. The summed E-state index contributed by atoms with van der Waals surface area (Å²) in [5.74, 6) is 1.45. The fourth-order valence-electron chi connectivity index (χ4n) is 12.2. The van der Waals surface area contributed by atoms with Crippen molar-refractivity contribution in [3.8, 4) is 90.3 Å². The molecule has 8 aromatic heterocycles. The van der Waals surface area contributed by atoms with E-state index in [9.17, 15) is 0 Å². The summed E-state index contributed by atoms with van der Waals surface area (Å²) in [5.41, 5.74) is 21.1. The van der Waals surface area contributed by atoms with Crippen LogP contribution in [0.2, 0.25) is 0 Å². The van der Waals surface area contributed by atoms with E-state index < -0.39 is 0 Å². The molecule has 0 saturated carbocycles. The summed E-state index contributed by atoms with van der Waals surface area (Å²) >= 11 is 0. The highest BCUT2D eigenvalue weighted by Crippen LogP contribution is 2.31. The standard InChI is InChI=1S/3C21H18N3.C20H17N4/c1-15-6-3-4-7-19(15)20-13-16-8-9-17(12-18(16)14-24(20)2)21-22-10-5-11-23-21;1-15-5-3-4-6-19(15)21-12-16-7-8-17(11-18(16)14-24(21)2)20-13-22-9-10-23-20;1-15-5-3-4-6-19(15)21-12-16-7-8-17(11-18(16)13-24(21)2)20-9-10-22-14-23-20;1-14-5-3-4-6-18(14)19-10-15-7-8-16(9-17(15)11-24(19)2)20-22-12-21-13-23-20/h3*3-14H,1-2H3;3-13H,1-2H3/q4*+1. The van der Waals surface area contributed by atoms with Crippen LogP contribution in [0, 0.1) is 27.7 Å². The minimum atomic E-state index is 0.692. The van der Waals surface area contributed by atoms with E-state index in [1.165, 1.54) is 118 Å². The molecule has 0 bridgehead atoms. The van der Waals surface area contributed by atoms with Crippen molar-refractivity contribution in [2.24, 2.45) is 28.2 Å². The Labute approximate surface area is 558 Å². The van der Waals surface area contributed by atoms with E-state index in [4.69, 9.17) is 0 Å². The predicted octanol–water partition coefficient (Wildman–Crippen LogP) is 15.8. The van der Waals surface area contributed by atoms with Gasteiger partial charge in [0.05, 0.1) is 17.6 Å². The molecule has 0 aliphatic heterocycles. The summed E-state index contributed by atoms with van der Waals surface area (Å²) in [6, 6.07) is 72.2. The van der Waals surface area contributed by atoms with Crippen molar-refractivity contribution in [3.05, 3.63) is 309 Å². The third kappa shape index (κ3) is 13.9. The third-order valence-electron chi connectivity index (χ3n) is 17.4. The van der Waals surface area contributed by atoms with E-state index in [0.29, 0.717) is 5.82 Å². The van der Waals surface area contributed by atoms with Crippen LogP contribution in [0.5, 0.6) is 0 Å². The number of hydrogen-bond donors (Lipinski definition) is 0. The molecule has 16 aromatic rings. The number of pyridine rings is 4. The van der Waals surface area contributed by atoms with Crippen molar-refractivity contribution < 1.29 is 18.3 Å². The summed E-state index contributed by atoms with van der Waals surface area (Å²) in [4.78, 5) is 37.9. The number of rotatable bonds is 8. The van der Waals surface area contributed by atoms with Gasteiger partial charge < -0.3 is 0 Å². The topological polar surface area (TPSA) is 132 Å². The lowest BCUT2D eigenvalue weighted by Gasteiger charge is -2.07. The Morgan fingerprint density at radius 2 is 0.604 bits per heavy atom. The molecule has 0 atom stereocenters. The van der Waals surface area contributed by atoms with E-state index in [1.54, 1.807) is 43.5 Å². The first-order valence-corrected chi connectivity index (χ1v) is 31.8. The van der Waals surface area contributed by atoms with Gasteiger partial charge in [-0.05, 0) is 132 Å². The zero-order chi connectivity index (χ0) is 66.1. The van der Waals surface area contributed by atoms with Gasteiger partial charge in [0.25, 0.3) is 0 Å². The van der Waals surface area contributed by atoms with Crippen molar-refractivity contribution in [2.75, 3.05) is 0 Å². The van der Waals surface area contributed by atoms with Crippen molar-refractivity contribution in [3.63, 3.8) is 0 Å². The molecule has 0 saturated heterocycles. The van der Waals surface area contributed by atoms with Gasteiger partial charge in [-0.1, -0.05) is 121 Å². The Morgan fingerprint density at radius 1 is 0.250 bits per heavy atom. The maximum Gasteiger partial charge on any atom is 0.213 e. The molecule has 13 nitrogen and oxygen atoms in total. The quantitative estimate of drug-likeness (QED) is 0.136. The first kappa shape index (κ1) is 62.5. The van der Waals surface area contributed by atoms with Gasteiger partial charge in [-0.25, -0.2) is 53.2 Å². The highest BCUT2D eigenvalue weighted by molar-refractivity contribution is 5.91. The number of aromatic nitrogens is 13. The normalized spacial score (nSPS) is 10.9. The molecule has 0 fully saturated rings. The first-order valence-electron chi connectivity index (χ1n) is 31.8. The van der Waals surface area contributed by atoms with E-state index in [-0.39, 0.29) is 0 Å². The van der Waals surface area contributed by atoms with Crippen LogP contribution in [0.3, 0.4) is 0 Å². The molecule has 0 amide bonds. The second-order valence-electron chi connectivity index (χ2n) is 23.9. The molecule has 8 heterocycles. The van der Waals surface area contributed by atoms with Gasteiger partial charge in [0.1, 0.15) is 47.2 Å². The van der Waals surface area contributed by atoms with Gasteiger partial charge in [0.15, 0.2) is 36.4 Å². The van der Waals surface area contributed by atoms with Gasteiger partial charge in [-0.2, -0.15) is 0 Å². The highest BCUT2D eigenvalue weighted by Gasteiger charge is 2.19. The number of nitrogens with zero attached hydrogens (tertiary/aromatic N) is 13. The summed E-state index contributed by atoms with van der Waals surface area (Å²) in [5, 5.41) is 9.59. The van der Waals surface area contributed by atoms with E-state index >= 15 is 0 Å². The van der Waals surface area contributed by atoms with Gasteiger partial charge in [0, 0.05) is 121 Å². The smallest absolute Gasteiger partial charge is 0.213 e. The van der Waals surface area contributed by atoms with Crippen LogP contribution < -0.4 is 18.3 Å². The summed E-state index contributed by atoms with van der Waals surface area (Å²) in [7, 11) is 8.36. The Kier molecular flexibility index (Phi) is 18.4. The van der Waals surface area contributed by atoms with Crippen LogP contribution in [0.4, 0.5) is 0 Å². The monoisotopic (exact) mass is 1250 g/mol. The second-order valence-corrected chi connectivity index (χ2v) is 23.9. The zero-order valence-electron chi connectivity index (χ0n) is 54.9. The van der Waals surface area contributed by atoms with Crippen LogP contribution in [-0.2, 0) is 28.2 Å². The first-order chi connectivity index (χ1) is 46.9. The number of benzene rings is 8. The largest absolute Gasteiger partial charge is 0.261 e. The zero-order valence-corrected chi connectivity index (χ0v) is 54.9. The van der Waals surface area contributed by atoms with E-state index in [2.05, 4.69) is 338 Å². The Bertz CT molecular complexity index is 4780. The Hall–Kier alpha value is -12.4. The molecule has 0 unspecified atom stereocenters. The minimum Gasteiger partial charge on any atom is -0.261 e. The number of hydrogen-bond acceptors (Lipinski definition) is 9. The Morgan fingerprint density at radius 3 is 0.969 bits per heavy atom. The molecule has 0 N–H and O–H groups in total. The third-order valence-corrected chi connectivity index (χ3v) is 17.4. The molecule has 16 rings (SSSR count). The molecule has 0 aliphatic carbocycles. The van der Waals surface area contributed by atoms with Gasteiger partial charge in [0.2, 0.25) is 22.8 Å².